The Labute approximate surface area is 57.7 Å². The van der Waals surface area contributed by atoms with Crippen molar-refractivity contribution >= 4 is 0 Å². The predicted molar refractivity (Wildman–Crippen MR) is 42.4 cm³/mol. The number of allylic oxidation sites excluding steroid dienone is 2. The van der Waals surface area contributed by atoms with Crippen molar-refractivity contribution in [2.75, 3.05) is 6.61 Å². The fraction of sp³-hybridized carbons (Fsp3) is 0.500. The van der Waals surface area contributed by atoms with E-state index in [0.717, 1.165) is 5.57 Å². The Kier molecular flexibility index (Phi) is 13.1. The highest BCUT2D eigenvalue weighted by Crippen LogP contribution is 1.86. The quantitative estimate of drug-likeness (QED) is 0.565. The van der Waals surface area contributed by atoms with Crippen LogP contribution in [0.1, 0.15) is 20.8 Å². The van der Waals surface area contributed by atoms with Gasteiger partial charge in [0.25, 0.3) is 0 Å². The molecule has 0 unspecified atom stereocenters. The Balaban J connectivity index is 0. The van der Waals surface area contributed by atoms with Crippen molar-refractivity contribution < 1.29 is 5.11 Å². The van der Waals surface area contributed by atoms with Gasteiger partial charge in [-0.15, -0.1) is 0 Å². The molecular formula is C8H16O. The lowest BCUT2D eigenvalue weighted by Crippen LogP contribution is -1.80. The van der Waals surface area contributed by atoms with Crippen LogP contribution in [0.15, 0.2) is 24.3 Å². The summed E-state index contributed by atoms with van der Waals surface area (Å²) in [6.07, 6.45) is 3.44. The molecule has 0 aromatic heterocycles. The van der Waals surface area contributed by atoms with Crippen LogP contribution in [0.5, 0.6) is 0 Å². The highest BCUT2D eigenvalue weighted by Gasteiger charge is 1.76. The maximum Gasteiger partial charge on any atom is 0.0642 e. The van der Waals surface area contributed by atoms with E-state index < -0.39 is 0 Å². The van der Waals surface area contributed by atoms with E-state index in [2.05, 4.69) is 6.58 Å². The molecule has 0 aliphatic rings. The summed E-state index contributed by atoms with van der Waals surface area (Å²) in [6.45, 7) is 9.44. The molecule has 0 bridgehead atoms. The Bertz CT molecular complexity index is 82.6. The van der Waals surface area contributed by atoms with Crippen molar-refractivity contribution in [2.45, 2.75) is 20.8 Å². The molecule has 0 amide bonds. The van der Waals surface area contributed by atoms with Gasteiger partial charge in [-0.05, 0) is 12.5 Å². The smallest absolute Gasteiger partial charge is 0.0642 e. The number of hydrogen-bond acceptors (Lipinski definition) is 1. The summed E-state index contributed by atoms with van der Waals surface area (Å²) >= 11 is 0. The molecule has 0 aromatic carbocycles. The Morgan fingerprint density at radius 3 is 2.11 bits per heavy atom. The van der Waals surface area contributed by atoms with Gasteiger partial charge in [-0.25, -0.2) is 0 Å². The van der Waals surface area contributed by atoms with Gasteiger partial charge >= 0.3 is 0 Å². The van der Waals surface area contributed by atoms with E-state index in [1.807, 2.05) is 20.8 Å². The topological polar surface area (TPSA) is 20.2 Å². The maximum atomic E-state index is 8.35. The van der Waals surface area contributed by atoms with Gasteiger partial charge in [-0.1, -0.05) is 32.6 Å². The normalized spacial score (nSPS) is 9.56. The zero-order valence-corrected chi connectivity index (χ0v) is 6.52. The van der Waals surface area contributed by atoms with Gasteiger partial charge in [0, 0.05) is 0 Å². The second-order valence-corrected chi connectivity index (χ2v) is 1.41. The Morgan fingerprint density at radius 1 is 1.56 bits per heavy atom. The fourth-order valence-electron chi connectivity index (χ4n) is 0.254. The van der Waals surface area contributed by atoms with Crippen molar-refractivity contribution in [3.63, 3.8) is 0 Å². The Hall–Kier alpha value is -0.560. The first kappa shape index (κ1) is 11.3. The zero-order chi connectivity index (χ0) is 7.70. The third-order valence-corrected chi connectivity index (χ3v) is 0.652. The molecule has 1 heteroatoms. The summed E-state index contributed by atoms with van der Waals surface area (Å²) < 4.78 is 0. The molecule has 0 aliphatic heterocycles. The van der Waals surface area contributed by atoms with Crippen LogP contribution in [-0.4, -0.2) is 11.7 Å². The molecular weight excluding hydrogens is 112 g/mol. The van der Waals surface area contributed by atoms with Gasteiger partial charge in [0.1, 0.15) is 0 Å². The molecule has 0 fully saturated rings. The van der Waals surface area contributed by atoms with Crippen LogP contribution in [0.4, 0.5) is 0 Å². The Morgan fingerprint density at radius 2 is 2.00 bits per heavy atom. The van der Waals surface area contributed by atoms with Gasteiger partial charge in [0.05, 0.1) is 6.61 Å². The number of hydrogen-bond donors (Lipinski definition) is 1. The van der Waals surface area contributed by atoms with Crippen LogP contribution in [-0.2, 0) is 0 Å². The van der Waals surface area contributed by atoms with Gasteiger partial charge < -0.3 is 5.11 Å². The van der Waals surface area contributed by atoms with E-state index in [1.165, 1.54) is 0 Å². The van der Waals surface area contributed by atoms with Crippen molar-refractivity contribution in [1.29, 1.82) is 0 Å². The summed E-state index contributed by atoms with van der Waals surface area (Å²) in [5.74, 6) is 0. The molecule has 0 saturated heterocycles. The molecule has 0 heterocycles. The largest absolute Gasteiger partial charge is 0.392 e. The molecule has 1 nitrogen and oxygen atoms in total. The molecule has 0 atom stereocenters. The van der Waals surface area contributed by atoms with Crippen molar-refractivity contribution in [3.05, 3.63) is 24.3 Å². The standard InChI is InChI=1S/C6H10O.C2H6/c1-3-4-6(2)5-7;1-2/h3-4,7H,1,5H2,2H3;1-2H3/b6-4+;. The lowest BCUT2D eigenvalue weighted by Gasteiger charge is -1.85. The molecule has 54 valence electrons. The van der Waals surface area contributed by atoms with Gasteiger partial charge in [0.2, 0.25) is 0 Å². The minimum Gasteiger partial charge on any atom is -0.392 e. The predicted octanol–water partition coefficient (Wildman–Crippen LogP) is 2.14. The van der Waals surface area contributed by atoms with Crippen LogP contribution in [0.3, 0.4) is 0 Å². The molecule has 0 radical (unpaired) electrons. The molecule has 0 rings (SSSR count). The van der Waals surface area contributed by atoms with Crippen LogP contribution < -0.4 is 0 Å². The minimum absolute atomic E-state index is 0.131. The molecule has 9 heavy (non-hydrogen) atoms. The highest BCUT2D eigenvalue weighted by molar-refractivity contribution is 5.07. The van der Waals surface area contributed by atoms with Gasteiger partial charge in [0.15, 0.2) is 0 Å². The van der Waals surface area contributed by atoms with Crippen molar-refractivity contribution in [1.82, 2.24) is 0 Å². The minimum atomic E-state index is 0.131. The third-order valence-electron chi connectivity index (χ3n) is 0.652. The summed E-state index contributed by atoms with van der Waals surface area (Å²) in [7, 11) is 0. The lowest BCUT2D eigenvalue weighted by molar-refractivity contribution is 0.331. The van der Waals surface area contributed by atoms with E-state index in [0.29, 0.717) is 0 Å². The highest BCUT2D eigenvalue weighted by atomic mass is 16.3. The average Bonchev–Trinajstić information content (AvgIpc) is 1.93. The van der Waals surface area contributed by atoms with E-state index >= 15 is 0 Å². The van der Waals surface area contributed by atoms with Crippen molar-refractivity contribution in [2.24, 2.45) is 0 Å². The summed E-state index contributed by atoms with van der Waals surface area (Å²) in [5.41, 5.74) is 0.940. The second kappa shape index (κ2) is 10.4. The van der Waals surface area contributed by atoms with Crippen LogP contribution in [0, 0.1) is 0 Å². The molecule has 0 spiro atoms. The van der Waals surface area contributed by atoms with Crippen LogP contribution in [0.2, 0.25) is 0 Å². The first-order valence-corrected chi connectivity index (χ1v) is 3.20. The summed E-state index contributed by atoms with van der Waals surface area (Å²) in [4.78, 5) is 0. The SMILES string of the molecule is C=C/C=C(\C)CO.CC. The van der Waals surface area contributed by atoms with Crippen LogP contribution >= 0.6 is 0 Å². The fourth-order valence-corrected chi connectivity index (χ4v) is 0.254. The van der Waals surface area contributed by atoms with Crippen LogP contribution in [0.25, 0.3) is 0 Å². The first-order chi connectivity index (χ1) is 4.31. The lowest BCUT2D eigenvalue weighted by atomic mass is 10.3. The van der Waals surface area contributed by atoms with E-state index in [9.17, 15) is 0 Å². The van der Waals surface area contributed by atoms with E-state index in [1.54, 1.807) is 12.2 Å². The number of rotatable bonds is 2. The monoisotopic (exact) mass is 128 g/mol. The summed E-state index contributed by atoms with van der Waals surface area (Å²) in [5, 5.41) is 8.35. The molecule has 0 saturated carbocycles. The third kappa shape index (κ3) is 11.2. The molecule has 0 aliphatic carbocycles. The maximum absolute atomic E-state index is 8.35. The second-order valence-electron chi connectivity index (χ2n) is 1.41. The van der Waals surface area contributed by atoms with Gasteiger partial charge in [-0.2, -0.15) is 0 Å². The number of aliphatic hydroxyl groups excluding tert-OH is 1. The van der Waals surface area contributed by atoms with Crippen molar-refractivity contribution in [3.8, 4) is 0 Å². The van der Waals surface area contributed by atoms with E-state index in [-0.39, 0.29) is 6.61 Å². The molecule has 1 N–H and O–H groups in total. The zero-order valence-electron chi connectivity index (χ0n) is 6.52. The van der Waals surface area contributed by atoms with E-state index in [4.69, 9.17) is 5.11 Å². The molecule has 0 aromatic rings. The average molecular weight is 128 g/mol. The van der Waals surface area contributed by atoms with Gasteiger partial charge in [-0.3, -0.25) is 0 Å². The number of aliphatic hydroxyl groups is 1. The summed E-state index contributed by atoms with van der Waals surface area (Å²) in [6, 6.07) is 0. The first-order valence-electron chi connectivity index (χ1n) is 3.20.